The van der Waals surface area contributed by atoms with Crippen molar-refractivity contribution in [1.29, 1.82) is 0 Å². The summed E-state index contributed by atoms with van der Waals surface area (Å²) < 4.78 is 6.62. The molecule has 0 saturated heterocycles. The highest BCUT2D eigenvalue weighted by Gasteiger charge is 2.37. The molecule has 7 heteroatoms. The lowest BCUT2D eigenvalue weighted by molar-refractivity contribution is -0.120. The van der Waals surface area contributed by atoms with Gasteiger partial charge < -0.3 is 4.74 Å². The van der Waals surface area contributed by atoms with Gasteiger partial charge in [0.25, 0.3) is 0 Å². The van der Waals surface area contributed by atoms with E-state index in [2.05, 4.69) is 48.3 Å². The van der Waals surface area contributed by atoms with Crippen LogP contribution in [0, 0.1) is 33.6 Å². The third-order valence-corrected chi connectivity index (χ3v) is 7.12. The van der Waals surface area contributed by atoms with Crippen LogP contribution < -0.4 is 9.64 Å². The molecular formula is C27H32N4O2S. The van der Waals surface area contributed by atoms with Crippen LogP contribution in [0.15, 0.2) is 35.5 Å². The first kappa shape index (κ1) is 24.2. The van der Waals surface area contributed by atoms with Crippen LogP contribution in [0.3, 0.4) is 0 Å². The highest BCUT2D eigenvalue weighted by molar-refractivity contribution is 7.99. The first-order valence-electron chi connectivity index (χ1n) is 11.7. The van der Waals surface area contributed by atoms with E-state index in [1.165, 1.54) is 0 Å². The van der Waals surface area contributed by atoms with Crippen LogP contribution in [0.4, 0.5) is 5.69 Å². The van der Waals surface area contributed by atoms with Crippen LogP contribution >= 0.6 is 11.8 Å². The van der Waals surface area contributed by atoms with E-state index >= 15 is 0 Å². The molecule has 1 amide bonds. The van der Waals surface area contributed by atoms with Crippen molar-refractivity contribution in [3.8, 4) is 17.1 Å². The molecule has 1 aliphatic rings. The Morgan fingerprint density at radius 2 is 1.82 bits per heavy atom. The number of amides is 1. The Balaban J connectivity index is 1.99. The fourth-order valence-corrected chi connectivity index (χ4v) is 4.97. The molecule has 0 unspecified atom stereocenters. The zero-order valence-corrected chi connectivity index (χ0v) is 21.8. The predicted octanol–water partition coefficient (Wildman–Crippen LogP) is 6.35. The van der Waals surface area contributed by atoms with Crippen LogP contribution in [0.5, 0.6) is 5.88 Å². The van der Waals surface area contributed by atoms with Crippen molar-refractivity contribution in [1.82, 2.24) is 15.2 Å². The van der Waals surface area contributed by atoms with Crippen molar-refractivity contribution in [2.75, 3.05) is 10.7 Å². The Morgan fingerprint density at radius 3 is 2.53 bits per heavy atom. The van der Waals surface area contributed by atoms with Gasteiger partial charge in [-0.1, -0.05) is 67.9 Å². The SMILES string of the molecule is CCC(=O)N1c2c(C)cc(C)cc2-c2nnc(SCC(C)C)nc2O[C@@H]1c1cc(C)ccc1C. The number of carbonyl (C=O) groups is 1. The first-order chi connectivity index (χ1) is 16.2. The fourth-order valence-electron chi connectivity index (χ4n) is 4.24. The standard InChI is InChI=1S/C27H32N4O2S/c1-8-22(32)31-24-19(7)11-17(5)13-21(24)23-25(28-27(30-29-23)34-14-15(2)3)33-26(31)20-12-16(4)9-10-18(20)6/h9-13,15,26H,8,14H2,1-7H3/t26-/m1/s1. The number of fused-ring (bicyclic) bond motifs is 3. The number of ether oxygens (including phenoxy) is 1. The van der Waals surface area contributed by atoms with Gasteiger partial charge in [-0.05, 0) is 50.8 Å². The molecule has 2 heterocycles. The zero-order valence-electron chi connectivity index (χ0n) is 21.0. The molecule has 0 bridgehead atoms. The number of benzene rings is 2. The van der Waals surface area contributed by atoms with Gasteiger partial charge in [0.15, 0.2) is 5.69 Å². The molecule has 0 radical (unpaired) electrons. The Bertz CT molecular complexity index is 1240. The van der Waals surface area contributed by atoms with Crippen LogP contribution in [-0.4, -0.2) is 26.8 Å². The normalized spacial score (nSPS) is 14.9. The maximum Gasteiger partial charge on any atom is 0.247 e. The number of hydrogen-bond donors (Lipinski definition) is 0. The lowest BCUT2D eigenvalue weighted by Gasteiger charge is -2.32. The molecule has 178 valence electrons. The summed E-state index contributed by atoms with van der Waals surface area (Å²) in [6.07, 6.45) is -0.309. The van der Waals surface area contributed by atoms with Gasteiger partial charge in [0, 0.05) is 23.3 Å². The quantitative estimate of drug-likeness (QED) is 0.400. The van der Waals surface area contributed by atoms with Crippen molar-refractivity contribution < 1.29 is 9.53 Å². The maximum absolute atomic E-state index is 13.5. The highest BCUT2D eigenvalue weighted by atomic mass is 32.2. The van der Waals surface area contributed by atoms with Gasteiger partial charge in [0.2, 0.25) is 23.2 Å². The first-order valence-corrected chi connectivity index (χ1v) is 12.7. The third-order valence-electron chi connectivity index (χ3n) is 5.85. The van der Waals surface area contributed by atoms with Crippen LogP contribution in [0.1, 0.15) is 61.2 Å². The molecule has 2 aromatic carbocycles. The molecule has 0 fully saturated rings. The van der Waals surface area contributed by atoms with Crippen molar-refractivity contribution in [3.05, 3.63) is 58.1 Å². The largest absolute Gasteiger partial charge is 0.447 e. The molecule has 4 rings (SSSR count). The topological polar surface area (TPSA) is 68.2 Å². The summed E-state index contributed by atoms with van der Waals surface area (Å²) in [5.74, 6) is 1.77. The molecule has 0 aliphatic carbocycles. The molecule has 1 aromatic heterocycles. The predicted molar refractivity (Wildman–Crippen MR) is 137 cm³/mol. The number of aromatic nitrogens is 3. The minimum atomic E-state index is -0.659. The van der Waals surface area contributed by atoms with E-state index in [0.717, 1.165) is 44.8 Å². The second kappa shape index (κ2) is 9.74. The van der Waals surface area contributed by atoms with Gasteiger partial charge in [-0.15, -0.1) is 10.2 Å². The summed E-state index contributed by atoms with van der Waals surface area (Å²) in [6.45, 7) is 14.4. The number of rotatable bonds is 5. The lowest BCUT2D eigenvalue weighted by atomic mass is 9.98. The highest BCUT2D eigenvalue weighted by Crippen LogP contribution is 2.46. The smallest absolute Gasteiger partial charge is 0.247 e. The fraction of sp³-hybridized carbons (Fsp3) is 0.407. The van der Waals surface area contributed by atoms with Crippen molar-refractivity contribution >= 4 is 23.4 Å². The summed E-state index contributed by atoms with van der Waals surface area (Å²) in [5, 5.41) is 9.55. The Labute approximate surface area is 206 Å². The van der Waals surface area contributed by atoms with Crippen LogP contribution in [-0.2, 0) is 4.79 Å². The second-order valence-electron chi connectivity index (χ2n) is 9.38. The minimum Gasteiger partial charge on any atom is -0.447 e. The van der Waals surface area contributed by atoms with Gasteiger partial charge in [-0.3, -0.25) is 9.69 Å². The minimum absolute atomic E-state index is 0.0192. The number of hydrogen-bond acceptors (Lipinski definition) is 6. The molecule has 3 aromatic rings. The van der Waals surface area contributed by atoms with E-state index in [1.807, 2.05) is 40.7 Å². The number of nitrogens with zero attached hydrogens (tertiary/aromatic N) is 4. The monoisotopic (exact) mass is 476 g/mol. The molecule has 1 aliphatic heterocycles. The average Bonchev–Trinajstić information content (AvgIpc) is 2.93. The van der Waals surface area contributed by atoms with E-state index in [9.17, 15) is 4.79 Å². The van der Waals surface area contributed by atoms with Gasteiger partial charge in [0.05, 0.1) is 5.69 Å². The molecule has 0 saturated carbocycles. The lowest BCUT2D eigenvalue weighted by Crippen LogP contribution is -2.38. The molecule has 0 spiro atoms. The van der Waals surface area contributed by atoms with Gasteiger partial charge in [-0.25, -0.2) is 0 Å². The summed E-state index contributed by atoms with van der Waals surface area (Å²) >= 11 is 1.56. The molecule has 1 atom stereocenters. The van der Waals surface area contributed by atoms with E-state index in [1.54, 1.807) is 16.7 Å². The maximum atomic E-state index is 13.5. The van der Waals surface area contributed by atoms with E-state index in [-0.39, 0.29) is 5.91 Å². The van der Waals surface area contributed by atoms with Crippen molar-refractivity contribution in [2.24, 2.45) is 5.92 Å². The summed E-state index contributed by atoms with van der Waals surface area (Å²) in [4.78, 5) is 20.0. The van der Waals surface area contributed by atoms with Crippen molar-refractivity contribution in [3.63, 3.8) is 0 Å². The van der Waals surface area contributed by atoms with Gasteiger partial charge in [0.1, 0.15) is 0 Å². The number of anilines is 1. The zero-order chi connectivity index (χ0) is 24.6. The second-order valence-corrected chi connectivity index (χ2v) is 10.4. The molecule has 0 N–H and O–H groups in total. The Kier molecular flexibility index (Phi) is 6.94. The van der Waals surface area contributed by atoms with E-state index in [4.69, 9.17) is 9.72 Å². The van der Waals surface area contributed by atoms with Gasteiger partial charge in [-0.2, -0.15) is 4.98 Å². The summed E-state index contributed by atoms with van der Waals surface area (Å²) in [7, 11) is 0. The summed E-state index contributed by atoms with van der Waals surface area (Å²) in [5.41, 5.74) is 7.36. The average molecular weight is 477 g/mol. The molecule has 6 nitrogen and oxygen atoms in total. The third kappa shape index (κ3) is 4.67. The number of aryl methyl sites for hydroxylation is 4. The van der Waals surface area contributed by atoms with Crippen LogP contribution in [0.2, 0.25) is 0 Å². The van der Waals surface area contributed by atoms with Crippen molar-refractivity contribution in [2.45, 2.75) is 66.3 Å². The number of carbonyl (C=O) groups excluding carboxylic acids is 1. The van der Waals surface area contributed by atoms with Gasteiger partial charge >= 0.3 is 0 Å². The Morgan fingerprint density at radius 1 is 1.06 bits per heavy atom. The molecule has 34 heavy (non-hydrogen) atoms. The summed E-state index contributed by atoms with van der Waals surface area (Å²) in [6, 6.07) is 10.4. The number of thioether (sulfide) groups is 1. The van der Waals surface area contributed by atoms with Crippen LogP contribution in [0.25, 0.3) is 11.3 Å². The molecular weight excluding hydrogens is 444 g/mol. The van der Waals surface area contributed by atoms with E-state index in [0.29, 0.717) is 29.1 Å². The Hall–Kier alpha value is -2.93. The van der Waals surface area contributed by atoms with E-state index < -0.39 is 6.23 Å².